The molecule has 1 N–H and O–H groups in total. The summed E-state index contributed by atoms with van der Waals surface area (Å²) >= 11 is 1.72. The third kappa shape index (κ3) is 2.32. The van der Waals surface area contributed by atoms with Crippen molar-refractivity contribution in [3.8, 4) is 0 Å². The molecule has 3 nitrogen and oxygen atoms in total. The quantitative estimate of drug-likeness (QED) is 0.856. The van der Waals surface area contributed by atoms with E-state index < -0.39 is 5.54 Å². The number of anilines is 1. The van der Waals surface area contributed by atoms with E-state index >= 15 is 0 Å². The van der Waals surface area contributed by atoms with E-state index in [2.05, 4.69) is 5.32 Å². The number of ether oxygens (including phenoxy) is 1. The topological polar surface area (TPSA) is 38.3 Å². The second kappa shape index (κ2) is 5.18. The zero-order chi connectivity index (χ0) is 13.2. The van der Waals surface area contributed by atoms with Gasteiger partial charge in [0.1, 0.15) is 11.4 Å². The van der Waals surface area contributed by atoms with Gasteiger partial charge in [-0.25, -0.2) is 9.18 Å². The van der Waals surface area contributed by atoms with Crippen molar-refractivity contribution < 1.29 is 13.9 Å². The number of rotatable bonds is 3. The van der Waals surface area contributed by atoms with Crippen molar-refractivity contribution in [1.82, 2.24) is 0 Å². The molecule has 98 valence electrons. The van der Waals surface area contributed by atoms with Crippen LogP contribution in [-0.2, 0) is 9.53 Å². The Morgan fingerprint density at radius 3 is 2.67 bits per heavy atom. The highest BCUT2D eigenvalue weighted by atomic mass is 32.2. The van der Waals surface area contributed by atoms with Gasteiger partial charge in [0.25, 0.3) is 0 Å². The lowest BCUT2D eigenvalue weighted by Gasteiger charge is -2.32. The van der Waals surface area contributed by atoms with E-state index in [0.29, 0.717) is 5.75 Å². The Bertz CT molecular complexity index is 437. The first-order chi connectivity index (χ1) is 8.58. The molecule has 0 saturated carbocycles. The summed E-state index contributed by atoms with van der Waals surface area (Å²) < 4.78 is 17.8. The summed E-state index contributed by atoms with van der Waals surface area (Å²) in [6.07, 6.45) is 0. The zero-order valence-electron chi connectivity index (χ0n) is 10.4. The first kappa shape index (κ1) is 13.2. The van der Waals surface area contributed by atoms with E-state index in [-0.39, 0.29) is 17.7 Å². The normalized spacial score (nSPS) is 26.9. The predicted molar refractivity (Wildman–Crippen MR) is 71.3 cm³/mol. The number of methoxy groups -OCH3 is 1. The standard InChI is InChI=1S/C13H16FNO2S/c1-9-7-18-8-13(9,12(16)17-2)15-11-5-3-10(14)4-6-11/h3-6,9,15H,7-8H2,1-2H3. The molecule has 0 radical (unpaired) electrons. The number of hydrogen-bond acceptors (Lipinski definition) is 4. The first-order valence-electron chi connectivity index (χ1n) is 5.78. The van der Waals surface area contributed by atoms with E-state index in [1.54, 1.807) is 23.9 Å². The first-order valence-corrected chi connectivity index (χ1v) is 6.94. The van der Waals surface area contributed by atoms with Gasteiger partial charge in [0.15, 0.2) is 0 Å². The smallest absolute Gasteiger partial charge is 0.332 e. The van der Waals surface area contributed by atoms with Crippen molar-refractivity contribution in [3.63, 3.8) is 0 Å². The second-order valence-electron chi connectivity index (χ2n) is 4.51. The zero-order valence-corrected chi connectivity index (χ0v) is 11.2. The highest BCUT2D eigenvalue weighted by molar-refractivity contribution is 7.99. The van der Waals surface area contributed by atoms with Gasteiger partial charge in [0.2, 0.25) is 0 Å². The van der Waals surface area contributed by atoms with Crippen molar-refractivity contribution in [2.24, 2.45) is 5.92 Å². The van der Waals surface area contributed by atoms with Gasteiger partial charge in [-0.1, -0.05) is 6.92 Å². The Hall–Kier alpha value is -1.23. The number of carbonyl (C=O) groups excluding carboxylic acids is 1. The molecule has 0 bridgehead atoms. The van der Waals surface area contributed by atoms with Crippen molar-refractivity contribution in [1.29, 1.82) is 0 Å². The van der Waals surface area contributed by atoms with Gasteiger partial charge in [0.05, 0.1) is 7.11 Å². The molecule has 2 rings (SSSR count). The molecule has 0 aliphatic carbocycles. The minimum atomic E-state index is -0.711. The van der Waals surface area contributed by atoms with Gasteiger partial charge < -0.3 is 10.1 Å². The summed E-state index contributed by atoms with van der Waals surface area (Å²) in [4.78, 5) is 12.0. The SMILES string of the molecule is COC(=O)C1(Nc2ccc(F)cc2)CSCC1C. The number of nitrogens with one attached hydrogen (secondary N) is 1. The number of hydrogen-bond donors (Lipinski definition) is 1. The van der Waals surface area contributed by atoms with E-state index in [9.17, 15) is 9.18 Å². The van der Waals surface area contributed by atoms with E-state index in [1.165, 1.54) is 19.2 Å². The van der Waals surface area contributed by atoms with Gasteiger partial charge in [-0.3, -0.25) is 0 Å². The molecule has 5 heteroatoms. The molecule has 0 amide bonds. The largest absolute Gasteiger partial charge is 0.467 e. The minimum Gasteiger partial charge on any atom is -0.467 e. The van der Waals surface area contributed by atoms with Crippen LogP contribution in [0.15, 0.2) is 24.3 Å². The Morgan fingerprint density at radius 2 is 2.17 bits per heavy atom. The predicted octanol–water partition coefficient (Wildman–Crippen LogP) is 2.53. The number of carbonyl (C=O) groups is 1. The van der Waals surface area contributed by atoms with E-state index in [1.807, 2.05) is 6.92 Å². The highest BCUT2D eigenvalue weighted by Gasteiger charge is 2.48. The molecule has 1 heterocycles. The van der Waals surface area contributed by atoms with Gasteiger partial charge in [-0.05, 0) is 35.9 Å². The Labute approximate surface area is 110 Å². The van der Waals surface area contributed by atoms with Crippen molar-refractivity contribution in [3.05, 3.63) is 30.1 Å². The average Bonchev–Trinajstić information content (AvgIpc) is 2.74. The van der Waals surface area contributed by atoms with Crippen LogP contribution in [0.1, 0.15) is 6.92 Å². The van der Waals surface area contributed by atoms with E-state index in [0.717, 1.165) is 11.4 Å². The molecule has 1 aromatic carbocycles. The van der Waals surface area contributed by atoms with Crippen LogP contribution in [0.4, 0.5) is 10.1 Å². The fraction of sp³-hybridized carbons (Fsp3) is 0.462. The maximum absolute atomic E-state index is 12.9. The summed E-state index contributed by atoms with van der Waals surface area (Å²) in [5.74, 6) is 1.19. The van der Waals surface area contributed by atoms with Gasteiger partial charge in [0, 0.05) is 11.4 Å². The minimum absolute atomic E-state index is 0.167. The summed E-state index contributed by atoms with van der Waals surface area (Å²) in [6, 6.07) is 6.02. The molecule has 2 unspecified atom stereocenters. The fourth-order valence-electron chi connectivity index (χ4n) is 2.12. The third-order valence-corrected chi connectivity index (χ3v) is 4.70. The monoisotopic (exact) mass is 269 g/mol. The maximum atomic E-state index is 12.9. The molecular weight excluding hydrogens is 253 g/mol. The van der Waals surface area contributed by atoms with Gasteiger partial charge >= 0.3 is 5.97 Å². The lowest BCUT2D eigenvalue weighted by molar-refractivity contribution is -0.146. The number of esters is 1. The molecular formula is C13H16FNO2S. The average molecular weight is 269 g/mol. The van der Waals surface area contributed by atoms with Crippen molar-refractivity contribution in [2.45, 2.75) is 12.5 Å². The van der Waals surface area contributed by atoms with Crippen LogP contribution in [-0.4, -0.2) is 30.1 Å². The van der Waals surface area contributed by atoms with Crippen LogP contribution < -0.4 is 5.32 Å². The number of thioether (sulfide) groups is 1. The highest BCUT2D eigenvalue weighted by Crippen LogP contribution is 2.37. The fourth-order valence-corrected chi connectivity index (χ4v) is 3.68. The molecule has 1 fully saturated rings. The Balaban J connectivity index is 2.26. The van der Waals surface area contributed by atoms with Crippen LogP contribution in [0.25, 0.3) is 0 Å². The lowest BCUT2D eigenvalue weighted by atomic mass is 9.88. The molecule has 1 aliphatic rings. The lowest BCUT2D eigenvalue weighted by Crippen LogP contribution is -2.52. The summed E-state index contributed by atoms with van der Waals surface area (Å²) in [6.45, 7) is 2.02. The van der Waals surface area contributed by atoms with Gasteiger partial charge in [-0.15, -0.1) is 0 Å². The molecule has 0 aromatic heterocycles. The number of halogens is 1. The van der Waals surface area contributed by atoms with E-state index in [4.69, 9.17) is 4.74 Å². The summed E-state index contributed by atoms with van der Waals surface area (Å²) in [7, 11) is 1.39. The van der Waals surface area contributed by atoms with Crippen LogP contribution >= 0.6 is 11.8 Å². The Morgan fingerprint density at radius 1 is 1.50 bits per heavy atom. The number of benzene rings is 1. The summed E-state index contributed by atoms with van der Waals surface area (Å²) in [5, 5.41) is 3.22. The van der Waals surface area contributed by atoms with Crippen molar-refractivity contribution >= 4 is 23.4 Å². The molecule has 0 spiro atoms. The molecule has 1 aromatic rings. The molecule has 1 saturated heterocycles. The van der Waals surface area contributed by atoms with Gasteiger partial charge in [-0.2, -0.15) is 11.8 Å². The Kier molecular flexibility index (Phi) is 3.80. The molecule has 2 atom stereocenters. The third-order valence-electron chi connectivity index (χ3n) is 3.30. The molecule has 18 heavy (non-hydrogen) atoms. The molecule has 1 aliphatic heterocycles. The summed E-state index contributed by atoms with van der Waals surface area (Å²) in [5.41, 5.74) is 0.0215. The van der Waals surface area contributed by atoms with Crippen LogP contribution in [0.2, 0.25) is 0 Å². The van der Waals surface area contributed by atoms with Crippen LogP contribution in [0, 0.1) is 11.7 Å². The second-order valence-corrected chi connectivity index (χ2v) is 5.54. The van der Waals surface area contributed by atoms with Crippen molar-refractivity contribution in [2.75, 3.05) is 23.9 Å². The maximum Gasteiger partial charge on any atom is 0.332 e. The van der Waals surface area contributed by atoms with Crippen LogP contribution in [0.5, 0.6) is 0 Å². The van der Waals surface area contributed by atoms with Crippen LogP contribution in [0.3, 0.4) is 0 Å².